The van der Waals surface area contributed by atoms with E-state index in [4.69, 9.17) is 33.0 Å². The molecule has 2 aliphatic carbocycles. The summed E-state index contributed by atoms with van der Waals surface area (Å²) in [6, 6.07) is 12.7. The van der Waals surface area contributed by atoms with E-state index in [1.807, 2.05) is 6.92 Å². The summed E-state index contributed by atoms with van der Waals surface area (Å²) in [4.78, 5) is 52.3. The Kier molecular flexibility index (Phi) is 8.54. The van der Waals surface area contributed by atoms with Crippen LogP contribution in [-0.4, -0.2) is 51.7 Å². The third kappa shape index (κ3) is 4.80. The monoisotopic (exact) mass is 748 g/mol. The number of hydrogen-bond acceptors (Lipinski definition) is 6. The fourth-order valence-electron chi connectivity index (χ4n) is 8.00. The van der Waals surface area contributed by atoms with Crippen LogP contribution in [0.5, 0.6) is 5.75 Å². The van der Waals surface area contributed by atoms with Gasteiger partial charge in [0.15, 0.2) is 33.0 Å². The molecule has 1 N–H and O–H groups in total. The molecule has 0 spiro atoms. The van der Waals surface area contributed by atoms with Gasteiger partial charge in [0.2, 0.25) is 17.6 Å². The molecule has 7 rings (SSSR count). The number of anilines is 2. The van der Waals surface area contributed by atoms with Gasteiger partial charge in [0.25, 0.3) is 11.8 Å². The lowest BCUT2D eigenvalue weighted by Crippen LogP contribution is -2.60. The summed E-state index contributed by atoms with van der Waals surface area (Å²) in [5.41, 5.74) is 0.000494. The zero-order valence-corrected chi connectivity index (χ0v) is 28.1. The van der Waals surface area contributed by atoms with Crippen LogP contribution in [0.1, 0.15) is 36.8 Å². The molecular formula is C36H27Cl2F5N2O6. The van der Waals surface area contributed by atoms with E-state index in [0.717, 1.165) is 10.5 Å². The maximum Gasteiger partial charge on any atom is 0.258 e. The molecule has 3 aromatic rings. The smallest absolute Gasteiger partial charge is 0.258 e. The van der Waals surface area contributed by atoms with Gasteiger partial charge in [0.1, 0.15) is 18.0 Å². The van der Waals surface area contributed by atoms with E-state index < -0.39 is 98.2 Å². The van der Waals surface area contributed by atoms with E-state index in [-0.39, 0.29) is 35.8 Å². The zero-order chi connectivity index (χ0) is 36.7. The van der Waals surface area contributed by atoms with Gasteiger partial charge in [-0.1, -0.05) is 42.8 Å². The highest BCUT2D eigenvalue weighted by atomic mass is 35.5. The van der Waals surface area contributed by atoms with Gasteiger partial charge in [-0.3, -0.25) is 24.1 Å². The van der Waals surface area contributed by atoms with Crippen LogP contribution < -0.4 is 14.5 Å². The highest BCUT2D eigenvalue weighted by Gasteiger charge is 2.77. The van der Waals surface area contributed by atoms with Crippen molar-refractivity contribution >= 4 is 58.2 Å². The van der Waals surface area contributed by atoms with E-state index in [2.05, 4.69) is 0 Å². The lowest BCUT2D eigenvalue weighted by Gasteiger charge is -2.50. The quantitative estimate of drug-likeness (QED) is 0.0785. The molecule has 0 bridgehead atoms. The van der Waals surface area contributed by atoms with E-state index in [9.17, 15) is 32.3 Å². The number of fused-ring (bicyclic) bond motifs is 4. The van der Waals surface area contributed by atoms with Crippen LogP contribution in [0.25, 0.3) is 0 Å². The average Bonchev–Trinajstić information content (AvgIpc) is 3.47. The molecule has 0 radical (unpaired) electrons. The first kappa shape index (κ1) is 35.1. The Bertz CT molecular complexity index is 2020. The van der Waals surface area contributed by atoms with Gasteiger partial charge in [0, 0.05) is 5.92 Å². The molecule has 4 amide bonds. The summed E-state index contributed by atoms with van der Waals surface area (Å²) >= 11 is 14.3. The molecule has 3 aromatic carbocycles. The number of aliphatic hydroxyl groups excluding tert-OH is 1. The third-order valence-corrected chi connectivity index (χ3v) is 11.8. The van der Waals surface area contributed by atoms with Crippen LogP contribution in [0.3, 0.4) is 0 Å². The highest BCUT2D eigenvalue weighted by molar-refractivity contribution is 6.58. The van der Waals surface area contributed by atoms with Crippen molar-refractivity contribution in [3.05, 3.63) is 100 Å². The number of aryl methyl sites for hydroxylation is 1. The number of nitrogens with zero attached hydrogens (tertiary/aromatic N) is 2. The van der Waals surface area contributed by atoms with Crippen LogP contribution >= 0.6 is 23.2 Å². The summed E-state index contributed by atoms with van der Waals surface area (Å²) in [6.07, 6.45) is 1.76. The Morgan fingerprint density at radius 2 is 1.41 bits per heavy atom. The summed E-state index contributed by atoms with van der Waals surface area (Å²) in [7, 11) is 0. The molecule has 6 atom stereocenters. The number of benzene rings is 3. The molecule has 51 heavy (non-hydrogen) atoms. The number of halogens is 7. The number of carbonyl (C=O) groups excluding carboxylic acids is 4. The number of hydrogen-bond donors (Lipinski definition) is 1. The van der Waals surface area contributed by atoms with Gasteiger partial charge in [0.05, 0.1) is 24.1 Å². The van der Waals surface area contributed by atoms with Gasteiger partial charge in [-0.15, -0.1) is 23.2 Å². The van der Waals surface area contributed by atoms with Crippen molar-refractivity contribution in [3.63, 3.8) is 0 Å². The second-order valence-corrected chi connectivity index (χ2v) is 14.1. The standard InChI is InChI=1S/C36H27Cl2F5N2O6/c1-2-16-3-7-18(8-4-16)44-31(47)21-12-11-20-22(23(21)32(44)48)15-35(37)33(49)45(30-28(42)26(40)25(39)27(41)29(30)43)34(50)36(35,38)24(20)17-5-9-19(10-6-17)51-14-13-46/h3-11,21-24,46H,2,12-15H2,1H3/t21-,22+,23-,24-,35+,36-/m0/s1. The normalized spacial score (nSPS) is 28.5. The van der Waals surface area contributed by atoms with Crippen LogP contribution in [0.4, 0.5) is 33.3 Å². The summed E-state index contributed by atoms with van der Waals surface area (Å²) in [5, 5.41) is 9.16. The summed E-state index contributed by atoms with van der Waals surface area (Å²) in [5.74, 6) is -20.6. The summed E-state index contributed by atoms with van der Waals surface area (Å²) in [6.45, 7) is 1.59. The molecule has 4 aliphatic rings. The van der Waals surface area contributed by atoms with E-state index in [1.54, 1.807) is 30.3 Å². The molecule has 2 heterocycles. The molecular weight excluding hydrogens is 722 g/mol. The van der Waals surface area contributed by atoms with Crippen LogP contribution in [-0.2, 0) is 25.6 Å². The van der Waals surface area contributed by atoms with Crippen molar-refractivity contribution in [2.24, 2.45) is 17.8 Å². The van der Waals surface area contributed by atoms with Crippen molar-refractivity contribution < 1.29 is 51.0 Å². The number of amides is 4. The minimum Gasteiger partial charge on any atom is -0.491 e. The van der Waals surface area contributed by atoms with Gasteiger partial charge in [-0.05, 0) is 60.6 Å². The molecule has 1 saturated carbocycles. The topological polar surface area (TPSA) is 104 Å². The SMILES string of the molecule is CCc1ccc(N2C(=O)[C@H]3[C@H](CC=C4[C@H]3C[C@@]3(Cl)C(=O)N(c5c(F)c(F)c(F)c(F)c5F)C(=O)[C@@]3(Cl)[C@H]4c3ccc(OCCO)cc3)C2=O)cc1. The van der Waals surface area contributed by atoms with E-state index >= 15 is 8.78 Å². The summed E-state index contributed by atoms with van der Waals surface area (Å²) < 4.78 is 78.8. The van der Waals surface area contributed by atoms with Crippen molar-refractivity contribution in [1.29, 1.82) is 0 Å². The van der Waals surface area contributed by atoms with Crippen LogP contribution in [0.15, 0.2) is 60.2 Å². The number of rotatable bonds is 7. The number of aliphatic hydroxyl groups is 1. The number of allylic oxidation sites excluding steroid dienone is 2. The Hall–Kier alpha value is -4.33. The van der Waals surface area contributed by atoms with Gasteiger partial charge in [-0.2, -0.15) is 0 Å². The molecule has 2 aliphatic heterocycles. The average molecular weight is 750 g/mol. The molecule has 2 saturated heterocycles. The van der Waals surface area contributed by atoms with Gasteiger partial charge >= 0.3 is 0 Å². The molecule has 266 valence electrons. The first-order chi connectivity index (χ1) is 24.2. The Balaban J connectivity index is 1.39. The van der Waals surface area contributed by atoms with Crippen LogP contribution in [0.2, 0.25) is 0 Å². The number of imide groups is 2. The number of carbonyl (C=O) groups is 4. The maximum absolute atomic E-state index is 15.2. The second-order valence-electron chi connectivity index (χ2n) is 12.9. The molecule has 8 nitrogen and oxygen atoms in total. The predicted molar refractivity (Wildman–Crippen MR) is 174 cm³/mol. The van der Waals surface area contributed by atoms with Crippen molar-refractivity contribution in [2.45, 2.75) is 41.9 Å². The fourth-order valence-corrected chi connectivity index (χ4v) is 8.93. The lowest BCUT2D eigenvalue weighted by molar-refractivity contribution is -0.125. The lowest BCUT2D eigenvalue weighted by atomic mass is 9.56. The molecule has 3 fully saturated rings. The fraction of sp³-hybridized carbons (Fsp3) is 0.333. The van der Waals surface area contributed by atoms with Crippen LogP contribution in [0, 0.1) is 46.8 Å². The largest absolute Gasteiger partial charge is 0.491 e. The predicted octanol–water partition coefficient (Wildman–Crippen LogP) is 6.08. The first-order valence-corrected chi connectivity index (χ1v) is 16.8. The Morgan fingerprint density at radius 3 is 2.00 bits per heavy atom. The zero-order valence-electron chi connectivity index (χ0n) is 26.6. The van der Waals surface area contributed by atoms with Crippen molar-refractivity contribution in [3.8, 4) is 5.75 Å². The molecule has 0 unspecified atom stereocenters. The maximum atomic E-state index is 15.2. The van der Waals surface area contributed by atoms with Crippen molar-refractivity contribution in [1.82, 2.24) is 0 Å². The van der Waals surface area contributed by atoms with Gasteiger partial charge in [-0.25, -0.2) is 26.9 Å². The number of alkyl halides is 2. The minimum atomic E-state index is -2.63. The van der Waals surface area contributed by atoms with Crippen molar-refractivity contribution in [2.75, 3.05) is 23.0 Å². The van der Waals surface area contributed by atoms with Gasteiger partial charge < -0.3 is 9.84 Å². The second kappa shape index (κ2) is 12.4. The number of ether oxygens (including phenoxy) is 1. The minimum absolute atomic E-state index is 0.0184. The molecule has 0 aromatic heterocycles. The Labute approximate surface area is 297 Å². The Morgan fingerprint density at radius 1 is 0.804 bits per heavy atom. The van der Waals surface area contributed by atoms with E-state index in [1.165, 1.54) is 24.3 Å². The first-order valence-electron chi connectivity index (χ1n) is 16.0. The third-order valence-electron chi connectivity index (χ3n) is 10.4. The van der Waals surface area contributed by atoms with E-state index in [0.29, 0.717) is 17.7 Å². The highest BCUT2D eigenvalue weighted by Crippen LogP contribution is 2.66. The molecule has 15 heteroatoms.